The van der Waals surface area contributed by atoms with Crippen LogP contribution in [0.1, 0.15) is 16.2 Å². The van der Waals surface area contributed by atoms with Gasteiger partial charge in [-0.25, -0.2) is 4.98 Å². The van der Waals surface area contributed by atoms with E-state index in [0.717, 1.165) is 11.5 Å². The highest BCUT2D eigenvalue weighted by Gasteiger charge is 2.17. The van der Waals surface area contributed by atoms with E-state index in [-0.39, 0.29) is 17.1 Å². The van der Waals surface area contributed by atoms with Gasteiger partial charge < -0.3 is 10.2 Å². The van der Waals surface area contributed by atoms with Gasteiger partial charge in [-0.3, -0.25) is 10.1 Å². The van der Waals surface area contributed by atoms with E-state index in [9.17, 15) is 15.0 Å². The zero-order valence-electron chi connectivity index (χ0n) is 8.84. The summed E-state index contributed by atoms with van der Waals surface area (Å²) < 4.78 is 3.90. The molecule has 17 heavy (non-hydrogen) atoms. The molecule has 2 aromatic rings. The third-order valence-corrected chi connectivity index (χ3v) is 2.72. The molecule has 0 aliphatic carbocycles. The van der Waals surface area contributed by atoms with E-state index in [4.69, 9.17) is 0 Å². The second-order valence-corrected chi connectivity index (χ2v) is 4.02. The van der Waals surface area contributed by atoms with Crippen molar-refractivity contribution < 1.29 is 15.0 Å². The van der Waals surface area contributed by atoms with Crippen molar-refractivity contribution >= 4 is 22.6 Å². The van der Waals surface area contributed by atoms with Crippen molar-refractivity contribution in [2.75, 3.05) is 5.32 Å². The molecule has 1 aromatic carbocycles. The van der Waals surface area contributed by atoms with Gasteiger partial charge in [0.05, 0.1) is 0 Å². The van der Waals surface area contributed by atoms with Crippen LogP contribution in [0.25, 0.3) is 0 Å². The number of nitrogens with zero attached hydrogens (tertiary/aromatic N) is 2. The second kappa shape index (κ2) is 4.38. The molecule has 0 spiro atoms. The van der Waals surface area contributed by atoms with Crippen LogP contribution in [0.4, 0.5) is 5.13 Å². The van der Waals surface area contributed by atoms with E-state index in [1.165, 1.54) is 18.2 Å². The molecule has 0 saturated carbocycles. The van der Waals surface area contributed by atoms with Gasteiger partial charge in [0.15, 0.2) is 0 Å². The van der Waals surface area contributed by atoms with Crippen LogP contribution >= 0.6 is 11.5 Å². The lowest BCUT2D eigenvalue weighted by Gasteiger charge is -2.05. The maximum Gasteiger partial charge on any atom is 0.265 e. The molecule has 0 radical (unpaired) electrons. The molecule has 6 nitrogen and oxygen atoms in total. The Morgan fingerprint density at radius 3 is 2.53 bits per heavy atom. The Kier molecular flexibility index (Phi) is 2.92. The topological polar surface area (TPSA) is 95.3 Å². The largest absolute Gasteiger partial charge is 0.507 e. The summed E-state index contributed by atoms with van der Waals surface area (Å²) in [6, 6.07) is 4.08. The number of benzene rings is 1. The first kappa shape index (κ1) is 11.3. The van der Waals surface area contributed by atoms with Crippen molar-refractivity contribution in [1.29, 1.82) is 0 Å². The minimum Gasteiger partial charge on any atom is -0.507 e. The number of nitrogens with one attached hydrogen (secondary N) is 1. The van der Waals surface area contributed by atoms with Crippen molar-refractivity contribution in [1.82, 2.24) is 9.36 Å². The zero-order valence-corrected chi connectivity index (χ0v) is 9.65. The van der Waals surface area contributed by atoms with Gasteiger partial charge in [-0.05, 0) is 19.1 Å². The molecule has 0 unspecified atom stereocenters. The summed E-state index contributed by atoms with van der Waals surface area (Å²) in [7, 11) is 0. The fourth-order valence-corrected chi connectivity index (χ4v) is 1.84. The van der Waals surface area contributed by atoms with E-state index in [1.807, 2.05) is 0 Å². The number of carbonyl (C=O) groups is 1. The van der Waals surface area contributed by atoms with Gasteiger partial charge in [-0.2, -0.15) is 4.37 Å². The lowest BCUT2D eigenvalue weighted by molar-refractivity contribution is 0.102. The number of amides is 1. The summed E-state index contributed by atoms with van der Waals surface area (Å²) in [5.74, 6) is -0.656. The number of carbonyl (C=O) groups excluding carboxylic acids is 1. The van der Waals surface area contributed by atoms with Gasteiger partial charge >= 0.3 is 0 Å². The Morgan fingerprint density at radius 1 is 1.35 bits per heavy atom. The second-order valence-electron chi connectivity index (χ2n) is 3.27. The molecule has 3 N–H and O–H groups in total. The number of aromatic hydroxyl groups is 2. The summed E-state index contributed by atoms with van der Waals surface area (Å²) in [6.07, 6.45) is 0. The van der Waals surface area contributed by atoms with Crippen molar-refractivity contribution in [2.45, 2.75) is 6.92 Å². The fourth-order valence-electron chi connectivity index (χ4n) is 1.27. The maximum absolute atomic E-state index is 11.8. The highest BCUT2D eigenvalue weighted by molar-refractivity contribution is 7.09. The van der Waals surface area contributed by atoms with Gasteiger partial charge in [0.1, 0.15) is 22.9 Å². The van der Waals surface area contributed by atoms with Crippen LogP contribution in [-0.2, 0) is 0 Å². The van der Waals surface area contributed by atoms with E-state index in [0.29, 0.717) is 11.0 Å². The first-order valence-corrected chi connectivity index (χ1v) is 5.48. The molecule has 88 valence electrons. The van der Waals surface area contributed by atoms with Crippen LogP contribution in [0.15, 0.2) is 18.2 Å². The third kappa shape index (κ3) is 2.34. The van der Waals surface area contributed by atoms with Gasteiger partial charge in [0, 0.05) is 11.5 Å². The van der Waals surface area contributed by atoms with E-state index < -0.39 is 5.91 Å². The average Bonchev–Trinajstić information content (AvgIpc) is 2.63. The highest BCUT2D eigenvalue weighted by Crippen LogP contribution is 2.27. The van der Waals surface area contributed by atoms with Crippen molar-refractivity contribution in [3.63, 3.8) is 0 Å². The number of phenols is 2. The molecule has 0 saturated heterocycles. The highest BCUT2D eigenvalue weighted by atomic mass is 32.1. The normalized spacial score (nSPS) is 10.2. The molecule has 0 fully saturated rings. The first-order chi connectivity index (χ1) is 8.08. The van der Waals surface area contributed by atoms with Crippen LogP contribution < -0.4 is 5.32 Å². The summed E-state index contributed by atoms with van der Waals surface area (Å²) in [6.45, 7) is 1.70. The maximum atomic E-state index is 11.8. The van der Waals surface area contributed by atoms with Crippen LogP contribution in [0, 0.1) is 6.92 Å². The van der Waals surface area contributed by atoms with E-state index >= 15 is 0 Å². The van der Waals surface area contributed by atoms with E-state index in [1.54, 1.807) is 6.92 Å². The smallest absolute Gasteiger partial charge is 0.265 e. The Balaban J connectivity index is 2.26. The summed E-state index contributed by atoms with van der Waals surface area (Å²) >= 11 is 1.03. The number of rotatable bonds is 2. The first-order valence-electron chi connectivity index (χ1n) is 4.70. The molecule has 0 aliphatic rings. The molecule has 7 heteroatoms. The predicted molar refractivity (Wildman–Crippen MR) is 62.4 cm³/mol. The summed E-state index contributed by atoms with van der Waals surface area (Å²) in [5, 5.41) is 21.7. The molecular weight excluding hydrogens is 242 g/mol. The fraction of sp³-hybridized carbons (Fsp3) is 0.100. The van der Waals surface area contributed by atoms with Gasteiger partial charge in [-0.15, -0.1) is 0 Å². The van der Waals surface area contributed by atoms with Crippen LogP contribution in [0.5, 0.6) is 11.5 Å². The SMILES string of the molecule is Cc1nsc(NC(=O)c2c(O)cccc2O)n1. The lowest BCUT2D eigenvalue weighted by Crippen LogP contribution is -2.12. The van der Waals surface area contributed by atoms with Gasteiger partial charge in [0.25, 0.3) is 5.91 Å². The van der Waals surface area contributed by atoms with Crippen molar-refractivity contribution in [2.24, 2.45) is 0 Å². The molecule has 1 amide bonds. The lowest BCUT2D eigenvalue weighted by atomic mass is 10.1. The number of hydrogen-bond donors (Lipinski definition) is 3. The third-order valence-electron chi connectivity index (χ3n) is 2.00. The monoisotopic (exact) mass is 251 g/mol. The standard InChI is InChI=1S/C10H9N3O3S/c1-5-11-10(17-13-5)12-9(16)8-6(14)3-2-4-7(8)15/h2-4,14-15H,1H3,(H,11,12,13,16). The molecule has 0 bridgehead atoms. The molecule has 2 rings (SSSR count). The zero-order chi connectivity index (χ0) is 12.4. The number of aromatic nitrogens is 2. The Hall–Kier alpha value is -2.15. The number of aryl methyl sites for hydroxylation is 1. The number of anilines is 1. The average molecular weight is 251 g/mol. The van der Waals surface area contributed by atoms with Crippen molar-refractivity contribution in [3.05, 3.63) is 29.6 Å². The molecule has 0 atom stereocenters. The quantitative estimate of drug-likeness (QED) is 0.752. The van der Waals surface area contributed by atoms with E-state index in [2.05, 4.69) is 14.7 Å². The summed E-state index contributed by atoms with van der Waals surface area (Å²) in [4.78, 5) is 15.7. The molecule has 0 aliphatic heterocycles. The van der Waals surface area contributed by atoms with Gasteiger partial charge in [0.2, 0.25) is 5.13 Å². The Bertz CT molecular complexity index is 547. The van der Waals surface area contributed by atoms with Crippen molar-refractivity contribution in [3.8, 4) is 11.5 Å². The minimum absolute atomic E-state index is 0.180. The van der Waals surface area contributed by atoms with Gasteiger partial charge in [-0.1, -0.05) is 6.07 Å². The Morgan fingerprint density at radius 2 is 2.00 bits per heavy atom. The number of phenolic OH excluding ortho intramolecular Hbond substituents is 2. The van der Waals surface area contributed by atoms with Crippen LogP contribution in [0.3, 0.4) is 0 Å². The number of hydrogen-bond acceptors (Lipinski definition) is 6. The van der Waals surface area contributed by atoms with Crippen LogP contribution in [-0.4, -0.2) is 25.5 Å². The van der Waals surface area contributed by atoms with Crippen LogP contribution in [0.2, 0.25) is 0 Å². The molecular formula is C10H9N3O3S. The molecule has 1 heterocycles. The Labute approximate surface area is 101 Å². The molecule has 1 aromatic heterocycles. The minimum atomic E-state index is -0.628. The summed E-state index contributed by atoms with van der Waals surface area (Å²) in [5.41, 5.74) is -0.180. The predicted octanol–water partition coefficient (Wildman–Crippen LogP) is 1.51.